The number of amides is 1. The molecule has 0 bridgehead atoms. The first-order chi connectivity index (χ1) is 12.4. The lowest BCUT2D eigenvalue weighted by atomic mass is 10.0. The molecule has 1 aromatic carbocycles. The van der Waals surface area contributed by atoms with Gasteiger partial charge in [-0.2, -0.15) is 0 Å². The number of rotatable bonds is 7. The Balaban J connectivity index is 2.08. The third kappa shape index (κ3) is 5.45. The Labute approximate surface area is 157 Å². The van der Waals surface area contributed by atoms with Crippen molar-refractivity contribution in [3.63, 3.8) is 0 Å². The zero-order valence-electron chi connectivity index (χ0n) is 16.4. The van der Waals surface area contributed by atoms with Crippen LogP contribution >= 0.6 is 0 Å². The highest BCUT2D eigenvalue weighted by molar-refractivity contribution is 5.92. The first-order valence-corrected chi connectivity index (χ1v) is 9.58. The van der Waals surface area contributed by atoms with Crippen LogP contribution in [0.25, 0.3) is 6.08 Å². The summed E-state index contributed by atoms with van der Waals surface area (Å²) in [6.07, 6.45) is 7.79. The number of hydrogen-bond donors (Lipinski definition) is 0. The fourth-order valence-corrected chi connectivity index (χ4v) is 3.46. The minimum atomic E-state index is -0.316. The van der Waals surface area contributed by atoms with Crippen molar-refractivity contribution in [2.45, 2.75) is 58.4 Å². The van der Waals surface area contributed by atoms with E-state index in [4.69, 9.17) is 4.74 Å². The molecule has 4 nitrogen and oxygen atoms in total. The molecule has 0 spiro atoms. The molecule has 0 saturated heterocycles. The van der Waals surface area contributed by atoms with E-state index in [9.17, 15) is 9.59 Å². The van der Waals surface area contributed by atoms with E-state index in [2.05, 4.69) is 26.0 Å². The van der Waals surface area contributed by atoms with Crippen LogP contribution in [0.15, 0.2) is 30.3 Å². The maximum absolute atomic E-state index is 12.8. The summed E-state index contributed by atoms with van der Waals surface area (Å²) in [5, 5.41) is 0. The summed E-state index contributed by atoms with van der Waals surface area (Å²) in [5.74, 6) is -0.120. The summed E-state index contributed by atoms with van der Waals surface area (Å²) in [7, 11) is 1.39. The molecule has 1 aromatic rings. The second-order valence-electron chi connectivity index (χ2n) is 7.51. The quantitative estimate of drug-likeness (QED) is 0.537. The van der Waals surface area contributed by atoms with Gasteiger partial charge in [0.25, 0.3) is 0 Å². The third-order valence-corrected chi connectivity index (χ3v) is 5.14. The van der Waals surface area contributed by atoms with Gasteiger partial charge < -0.3 is 9.64 Å². The van der Waals surface area contributed by atoms with E-state index in [0.717, 1.165) is 31.2 Å². The number of ether oxygens (including phenoxy) is 1. The third-order valence-electron chi connectivity index (χ3n) is 5.14. The van der Waals surface area contributed by atoms with E-state index in [1.165, 1.54) is 12.7 Å². The van der Waals surface area contributed by atoms with Crippen LogP contribution in [0.4, 0.5) is 0 Å². The molecule has 0 aliphatic heterocycles. The summed E-state index contributed by atoms with van der Waals surface area (Å²) in [6, 6.07) is 8.50. The number of methoxy groups -OCH3 is 1. The number of carbonyl (C=O) groups excluding carboxylic acids is 2. The molecular formula is C22H31NO3. The summed E-state index contributed by atoms with van der Waals surface area (Å²) >= 11 is 0. The first kappa shape index (κ1) is 20.2. The molecule has 0 heterocycles. The van der Waals surface area contributed by atoms with Gasteiger partial charge in [0.1, 0.15) is 0 Å². The van der Waals surface area contributed by atoms with Crippen LogP contribution in [0.2, 0.25) is 0 Å². The predicted octanol–water partition coefficient (Wildman–Crippen LogP) is 4.40. The molecule has 2 rings (SSSR count). The highest BCUT2D eigenvalue weighted by Gasteiger charge is 2.28. The normalized spacial score (nSPS) is 16.2. The minimum absolute atomic E-state index is 0.0272. The van der Waals surface area contributed by atoms with Gasteiger partial charge in [-0.25, -0.2) is 0 Å². The van der Waals surface area contributed by atoms with E-state index in [1.807, 2.05) is 30.0 Å². The first-order valence-electron chi connectivity index (χ1n) is 9.58. The SMILES string of the molecule is COC(=O)C(C)CN(C(=O)/C=C/c1ccc(C(C)C)cc1)C1CCCC1. The van der Waals surface area contributed by atoms with Crippen molar-refractivity contribution < 1.29 is 14.3 Å². The summed E-state index contributed by atoms with van der Waals surface area (Å²) < 4.78 is 4.82. The maximum Gasteiger partial charge on any atom is 0.310 e. The minimum Gasteiger partial charge on any atom is -0.469 e. The largest absolute Gasteiger partial charge is 0.469 e. The zero-order chi connectivity index (χ0) is 19.1. The number of hydrogen-bond acceptors (Lipinski definition) is 3. The van der Waals surface area contributed by atoms with Gasteiger partial charge in [0.05, 0.1) is 13.0 Å². The molecule has 26 heavy (non-hydrogen) atoms. The molecule has 1 aliphatic carbocycles. The van der Waals surface area contributed by atoms with Crippen molar-refractivity contribution in [2.24, 2.45) is 5.92 Å². The van der Waals surface area contributed by atoms with Crippen LogP contribution in [-0.4, -0.2) is 36.5 Å². The van der Waals surface area contributed by atoms with E-state index in [1.54, 1.807) is 6.08 Å². The fourth-order valence-electron chi connectivity index (χ4n) is 3.46. The summed E-state index contributed by atoms with van der Waals surface area (Å²) in [4.78, 5) is 26.4. The van der Waals surface area contributed by atoms with Gasteiger partial charge in [-0.05, 0) is 36.0 Å². The average molecular weight is 357 g/mol. The molecule has 4 heteroatoms. The lowest BCUT2D eigenvalue weighted by Gasteiger charge is -2.29. The van der Waals surface area contributed by atoms with Gasteiger partial charge in [0.2, 0.25) is 5.91 Å². The molecule has 1 aliphatic rings. The molecule has 1 atom stereocenters. The molecule has 1 fully saturated rings. The van der Waals surface area contributed by atoms with Crippen LogP contribution in [0, 0.1) is 5.92 Å². The van der Waals surface area contributed by atoms with E-state index >= 15 is 0 Å². The van der Waals surface area contributed by atoms with Gasteiger partial charge >= 0.3 is 5.97 Å². The highest BCUT2D eigenvalue weighted by atomic mass is 16.5. The Morgan fingerprint density at radius 2 is 1.77 bits per heavy atom. The second kappa shape index (κ2) is 9.56. The van der Waals surface area contributed by atoms with Gasteiger partial charge in [-0.1, -0.05) is 57.9 Å². The Hall–Kier alpha value is -2.10. The van der Waals surface area contributed by atoms with Gasteiger partial charge in [-0.15, -0.1) is 0 Å². The molecule has 0 N–H and O–H groups in total. The van der Waals surface area contributed by atoms with Crippen molar-refractivity contribution >= 4 is 18.0 Å². The van der Waals surface area contributed by atoms with E-state index in [0.29, 0.717) is 12.5 Å². The molecule has 0 aromatic heterocycles. The molecule has 1 saturated carbocycles. The monoisotopic (exact) mass is 357 g/mol. The molecular weight excluding hydrogens is 326 g/mol. The number of benzene rings is 1. The Morgan fingerprint density at radius 3 is 2.31 bits per heavy atom. The van der Waals surface area contributed by atoms with Gasteiger partial charge in [0.15, 0.2) is 0 Å². The zero-order valence-corrected chi connectivity index (χ0v) is 16.4. The second-order valence-corrected chi connectivity index (χ2v) is 7.51. The van der Waals surface area contributed by atoms with Crippen molar-refractivity contribution in [1.29, 1.82) is 0 Å². The molecule has 1 amide bonds. The Morgan fingerprint density at radius 1 is 1.15 bits per heavy atom. The standard InChI is InChI=1S/C22H31NO3/c1-16(2)19-12-9-18(10-13-19)11-14-21(24)23(20-7-5-6-8-20)15-17(3)22(25)26-4/h9-14,16-17,20H,5-8,15H2,1-4H3/b14-11+. The smallest absolute Gasteiger partial charge is 0.310 e. The number of esters is 1. The lowest BCUT2D eigenvalue weighted by Crippen LogP contribution is -2.42. The van der Waals surface area contributed by atoms with E-state index < -0.39 is 0 Å². The number of nitrogens with zero attached hydrogens (tertiary/aromatic N) is 1. The van der Waals surface area contributed by atoms with Crippen LogP contribution < -0.4 is 0 Å². The summed E-state index contributed by atoms with van der Waals surface area (Å²) in [6.45, 7) is 6.55. The van der Waals surface area contributed by atoms with Gasteiger partial charge in [-0.3, -0.25) is 9.59 Å². The van der Waals surface area contributed by atoms with Crippen molar-refractivity contribution in [3.05, 3.63) is 41.5 Å². The molecule has 1 unspecified atom stereocenters. The van der Waals surface area contributed by atoms with Crippen molar-refractivity contribution in [3.8, 4) is 0 Å². The predicted molar refractivity (Wildman–Crippen MR) is 105 cm³/mol. The summed E-state index contributed by atoms with van der Waals surface area (Å²) in [5.41, 5.74) is 2.29. The molecule has 142 valence electrons. The van der Waals surface area contributed by atoms with Crippen LogP contribution in [0.1, 0.15) is 63.5 Å². The van der Waals surface area contributed by atoms with Crippen LogP contribution in [-0.2, 0) is 14.3 Å². The van der Waals surface area contributed by atoms with Gasteiger partial charge in [0, 0.05) is 18.7 Å². The fraction of sp³-hybridized carbons (Fsp3) is 0.545. The van der Waals surface area contributed by atoms with Crippen LogP contribution in [0.5, 0.6) is 0 Å². The van der Waals surface area contributed by atoms with Crippen molar-refractivity contribution in [1.82, 2.24) is 4.90 Å². The van der Waals surface area contributed by atoms with Crippen LogP contribution in [0.3, 0.4) is 0 Å². The Kier molecular flexibility index (Phi) is 7.43. The van der Waals surface area contributed by atoms with E-state index in [-0.39, 0.29) is 23.8 Å². The van der Waals surface area contributed by atoms with Crippen molar-refractivity contribution in [2.75, 3.05) is 13.7 Å². The Bertz CT molecular complexity index is 627. The lowest BCUT2D eigenvalue weighted by molar-refractivity contribution is -0.146. The topological polar surface area (TPSA) is 46.6 Å². The molecule has 0 radical (unpaired) electrons. The average Bonchev–Trinajstić information content (AvgIpc) is 3.17. The number of carbonyl (C=O) groups is 2. The highest BCUT2D eigenvalue weighted by Crippen LogP contribution is 2.25. The maximum atomic E-state index is 12.8.